The van der Waals surface area contributed by atoms with Crippen molar-refractivity contribution in [3.05, 3.63) is 35.9 Å². The van der Waals surface area contributed by atoms with Gasteiger partial charge in [-0.05, 0) is 31.7 Å². The van der Waals surface area contributed by atoms with E-state index in [-0.39, 0.29) is 18.1 Å². The van der Waals surface area contributed by atoms with Gasteiger partial charge in [-0.1, -0.05) is 30.3 Å². The number of hydrogen-bond donors (Lipinski definition) is 1. The summed E-state index contributed by atoms with van der Waals surface area (Å²) >= 11 is 0. The first kappa shape index (κ1) is 13.6. The lowest BCUT2D eigenvalue weighted by Gasteiger charge is -2.26. The Bertz CT molecular complexity index is 462. The van der Waals surface area contributed by atoms with E-state index in [0.29, 0.717) is 12.7 Å². The largest absolute Gasteiger partial charge is 0.465 e. The van der Waals surface area contributed by atoms with E-state index < -0.39 is 6.04 Å². The van der Waals surface area contributed by atoms with Crippen LogP contribution in [0.5, 0.6) is 0 Å². The third-order valence-electron chi connectivity index (χ3n) is 4.14. The van der Waals surface area contributed by atoms with Gasteiger partial charge in [0.1, 0.15) is 6.04 Å². The summed E-state index contributed by atoms with van der Waals surface area (Å²) in [6, 6.07) is 9.62. The molecular weight excluding hydrogens is 254 g/mol. The zero-order chi connectivity index (χ0) is 13.9. The second kappa shape index (κ2) is 5.94. The van der Waals surface area contributed by atoms with E-state index in [0.717, 1.165) is 24.8 Å². The van der Waals surface area contributed by atoms with Crippen molar-refractivity contribution in [1.82, 2.24) is 5.32 Å². The molecule has 4 nitrogen and oxygen atoms in total. The highest BCUT2D eigenvalue weighted by atomic mass is 16.5. The molecule has 2 saturated heterocycles. The van der Waals surface area contributed by atoms with Crippen molar-refractivity contribution in [3.8, 4) is 0 Å². The smallest absolute Gasteiger partial charge is 0.327 e. The van der Waals surface area contributed by atoms with Gasteiger partial charge in [0.15, 0.2) is 0 Å². The minimum absolute atomic E-state index is 0.207. The zero-order valence-corrected chi connectivity index (χ0v) is 11.7. The van der Waals surface area contributed by atoms with Gasteiger partial charge < -0.3 is 9.47 Å². The van der Waals surface area contributed by atoms with Gasteiger partial charge in [-0.25, -0.2) is 4.79 Å². The predicted octanol–water partition coefficient (Wildman–Crippen LogP) is 2.20. The second-order valence-corrected chi connectivity index (χ2v) is 5.48. The average molecular weight is 275 g/mol. The molecule has 0 saturated carbocycles. The van der Waals surface area contributed by atoms with Crippen molar-refractivity contribution in [2.75, 3.05) is 6.61 Å². The fourth-order valence-corrected chi connectivity index (χ4v) is 3.20. The molecule has 4 heteroatoms. The molecule has 108 valence electrons. The molecule has 0 aliphatic carbocycles. The molecule has 0 spiro atoms. The van der Waals surface area contributed by atoms with E-state index in [2.05, 4.69) is 5.32 Å². The van der Waals surface area contributed by atoms with Gasteiger partial charge in [0.25, 0.3) is 0 Å². The number of hydrogen-bond acceptors (Lipinski definition) is 4. The minimum atomic E-state index is -0.399. The number of carbonyl (C=O) groups excluding carboxylic acids is 1. The predicted molar refractivity (Wildman–Crippen MR) is 75.3 cm³/mol. The highest BCUT2D eigenvalue weighted by Gasteiger charge is 2.42. The molecule has 20 heavy (non-hydrogen) atoms. The number of ether oxygens (including phenoxy) is 2. The SMILES string of the molecule is CCOC(=O)C(NC1CC2CCC1O2)c1ccccc1. The van der Waals surface area contributed by atoms with Crippen molar-refractivity contribution in [2.24, 2.45) is 0 Å². The molecule has 0 radical (unpaired) electrons. The highest BCUT2D eigenvalue weighted by Crippen LogP contribution is 2.35. The summed E-state index contributed by atoms with van der Waals surface area (Å²) in [6.07, 6.45) is 3.86. The summed E-state index contributed by atoms with van der Waals surface area (Å²) in [7, 11) is 0. The Labute approximate surface area is 119 Å². The summed E-state index contributed by atoms with van der Waals surface area (Å²) in [5, 5.41) is 3.45. The Kier molecular flexibility index (Phi) is 4.03. The van der Waals surface area contributed by atoms with Crippen LogP contribution in [0.2, 0.25) is 0 Å². The first-order chi connectivity index (χ1) is 9.78. The molecule has 2 aliphatic rings. The van der Waals surface area contributed by atoms with Crippen LogP contribution in [0.3, 0.4) is 0 Å². The maximum absolute atomic E-state index is 12.2. The van der Waals surface area contributed by atoms with Crippen molar-refractivity contribution in [1.29, 1.82) is 0 Å². The Hall–Kier alpha value is -1.39. The van der Waals surface area contributed by atoms with Gasteiger partial charge >= 0.3 is 5.97 Å². The molecule has 4 atom stereocenters. The second-order valence-electron chi connectivity index (χ2n) is 5.48. The monoisotopic (exact) mass is 275 g/mol. The van der Waals surface area contributed by atoms with Crippen LogP contribution < -0.4 is 5.32 Å². The van der Waals surface area contributed by atoms with E-state index in [1.807, 2.05) is 37.3 Å². The number of rotatable bonds is 5. The van der Waals surface area contributed by atoms with Crippen LogP contribution in [0.15, 0.2) is 30.3 Å². The Morgan fingerprint density at radius 3 is 2.80 bits per heavy atom. The van der Waals surface area contributed by atoms with Gasteiger partial charge in [0.05, 0.1) is 18.8 Å². The molecule has 2 fully saturated rings. The van der Waals surface area contributed by atoms with Crippen molar-refractivity contribution in [2.45, 2.75) is 50.5 Å². The minimum Gasteiger partial charge on any atom is -0.465 e. The third kappa shape index (κ3) is 2.72. The number of esters is 1. The van der Waals surface area contributed by atoms with Gasteiger partial charge in [-0.2, -0.15) is 0 Å². The number of nitrogens with one attached hydrogen (secondary N) is 1. The first-order valence-electron chi connectivity index (χ1n) is 7.41. The highest BCUT2D eigenvalue weighted by molar-refractivity contribution is 5.77. The zero-order valence-electron chi connectivity index (χ0n) is 11.7. The normalized spacial score (nSPS) is 29.4. The standard InChI is InChI=1S/C16H21NO3/c1-2-19-16(18)15(11-6-4-3-5-7-11)17-13-10-12-8-9-14(13)20-12/h3-7,12-15,17H,2,8-10H2,1H3. The van der Waals surface area contributed by atoms with Crippen LogP contribution >= 0.6 is 0 Å². The summed E-state index contributed by atoms with van der Waals surface area (Å²) < 4.78 is 11.1. The number of fused-ring (bicyclic) bond motifs is 2. The van der Waals surface area contributed by atoms with Gasteiger partial charge in [-0.15, -0.1) is 0 Å². The molecule has 1 N–H and O–H groups in total. The van der Waals surface area contributed by atoms with E-state index >= 15 is 0 Å². The summed E-state index contributed by atoms with van der Waals surface area (Å²) in [6.45, 7) is 2.23. The molecule has 1 aromatic carbocycles. The summed E-state index contributed by atoms with van der Waals surface area (Å²) in [5.74, 6) is -0.207. The number of benzene rings is 1. The lowest BCUT2D eigenvalue weighted by atomic mass is 9.94. The molecule has 4 unspecified atom stereocenters. The average Bonchev–Trinajstić information content (AvgIpc) is 3.08. The van der Waals surface area contributed by atoms with Crippen molar-refractivity contribution >= 4 is 5.97 Å². The maximum atomic E-state index is 12.2. The lowest BCUT2D eigenvalue weighted by Crippen LogP contribution is -2.43. The number of carbonyl (C=O) groups is 1. The van der Waals surface area contributed by atoms with Crippen molar-refractivity contribution in [3.63, 3.8) is 0 Å². The molecule has 1 aromatic rings. The van der Waals surface area contributed by atoms with Crippen molar-refractivity contribution < 1.29 is 14.3 Å². The summed E-state index contributed by atoms with van der Waals surface area (Å²) in [5.41, 5.74) is 0.953. The van der Waals surface area contributed by atoms with Crippen LogP contribution in [0.25, 0.3) is 0 Å². The van der Waals surface area contributed by atoms with Gasteiger partial charge in [-0.3, -0.25) is 5.32 Å². The maximum Gasteiger partial charge on any atom is 0.327 e. The molecule has 2 aliphatic heterocycles. The molecular formula is C16H21NO3. The summed E-state index contributed by atoms with van der Waals surface area (Å²) in [4.78, 5) is 12.2. The van der Waals surface area contributed by atoms with Crippen LogP contribution in [0.1, 0.15) is 37.8 Å². The van der Waals surface area contributed by atoms with Crippen LogP contribution in [-0.2, 0) is 14.3 Å². The molecule has 0 amide bonds. The molecule has 2 heterocycles. The van der Waals surface area contributed by atoms with E-state index in [9.17, 15) is 4.79 Å². The topological polar surface area (TPSA) is 47.6 Å². The van der Waals surface area contributed by atoms with E-state index in [1.54, 1.807) is 0 Å². The van der Waals surface area contributed by atoms with Crippen LogP contribution in [-0.4, -0.2) is 30.8 Å². The Morgan fingerprint density at radius 2 is 2.20 bits per heavy atom. The van der Waals surface area contributed by atoms with Gasteiger partial charge in [0.2, 0.25) is 0 Å². The molecule has 2 bridgehead atoms. The Morgan fingerprint density at radius 1 is 1.40 bits per heavy atom. The quantitative estimate of drug-likeness (QED) is 0.837. The van der Waals surface area contributed by atoms with E-state index in [4.69, 9.17) is 9.47 Å². The fourth-order valence-electron chi connectivity index (χ4n) is 3.20. The third-order valence-corrected chi connectivity index (χ3v) is 4.14. The fraction of sp³-hybridized carbons (Fsp3) is 0.562. The van der Waals surface area contributed by atoms with Crippen LogP contribution in [0.4, 0.5) is 0 Å². The molecule has 3 rings (SSSR count). The first-order valence-corrected chi connectivity index (χ1v) is 7.41. The Balaban J connectivity index is 1.74. The van der Waals surface area contributed by atoms with Crippen LogP contribution in [0, 0.1) is 0 Å². The lowest BCUT2D eigenvalue weighted by molar-refractivity contribution is -0.146. The van der Waals surface area contributed by atoms with E-state index in [1.165, 1.54) is 0 Å². The molecule has 0 aromatic heterocycles. The van der Waals surface area contributed by atoms with Gasteiger partial charge in [0, 0.05) is 6.04 Å².